The molecule has 0 atom stereocenters. The van der Waals surface area contributed by atoms with E-state index in [1.165, 1.54) is 0 Å². The molecular formula is C26H30N2O2. The van der Waals surface area contributed by atoms with Crippen molar-refractivity contribution < 1.29 is 9.47 Å². The summed E-state index contributed by atoms with van der Waals surface area (Å²) in [5.74, 6) is 2.40. The number of nitrogens with zero attached hydrogens (tertiary/aromatic N) is 1. The van der Waals surface area contributed by atoms with E-state index in [1.807, 2.05) is 69.3 Å². The van der Waals surface area contributed by atoms with Crippen molar-refractivity contribution in [1.82, 2.24) is 4.98 Å². The van der Waals surface area contributed by atoms with Gasteiger partial charge >= 0.3 is 0 Å². The van der Waals surface area contributed by atoms with E-state index in [9.17, 15) is 0 Å². The van der Waals surface area contributed by atoms with Gasteiger partial charge in [-0.15, -0.1) is 0 Å². The molecule has 1 aromatic heterocycles. The number of allylic oxidation sites excluding steroid dienone is 1. The lowest BCUT2D eigenvalue weighted by atomic mass is 10.1. The van der Waals surface area contributed by atoms with Crippen molar-refractivity contribution in [3.05, 3.63) is 89.6 Å². The zero-order chi connectivity index (χ0) is 21.3. The zero-order valence-corrected chi connectivity index (χ0v) is 18.2. The van der Waals surface area contributed by atoms with Gasteiger partial charge in [0.2, 0.25) is 0 Å². The summed E-state index contributed by atoms with van der Waals surface area (Å²) in [6, 6.07) is 20.2. The smallest absolute Gasteiger partial charge is 0.133 e. The van der Waals surface area contributed by atoms with E-state index >= 15 is 0 Å². The first-order chi connectivity index (χ1) is 14.5. The monoisotopic (exact) mass is 402 g/mol. The minimum atomic E-state index is 0.0758. The van der Waals surface area contributed by atoms with Crippen molar-refractivity contribution in [3.8, 4) is 11.5 Å². The Morgan fingerprint density at radius 1 is 1.03 bits per heavy atom. The van der Waals surface area contributed by atoms with Gasteiger partial charge in [-0.1, -0.05) is 49.4 Å². The number of rotatable bonds is 9. The maximum atomic E-state index is 6.11. The maximum Gasteiger partial charge on any atom is 0.133 e. The van der Waals surface area contributed by atoms with Crippen LogP contribution in [-0.2, 0) is 6.61 Å². The van der Waals surface area contributed by atoms with Gasteiger partial charge < -0.3 is 14.8 Å². The lowest BCUT2D eigenvalue weighted by Gasteiger charge is -2.17. The van der Waals surface area contributed by atoms with Gasteiger partial charge in [-0.3, -0.25) is 0 Å². The molecule has 0 amide bonds. The van der Waals surface area contributed by atoms with Crippen molar-refractivity contribution in [2.24, 2.45) is 0 Å². The van der Waals surface area contributed by atoms with Gasteiger partial charge in [0.25, 0.3) is 0 Å². The minimum Gasteiger partial charge on any atom is -0.491 e. The fourth-order valence-corrected chi connectivity index (χ4v) is 3.08. The SMILES string of the molecule is CC/C=C(\Nc1ncccc1C)c1cc(OCc2ccccc2)cc(OC(C)C)c1. The van der Waals surface area contributed by atoms with Crippen molar-refractivity contribution in [3.63, 3.8) is 0 Å². The number of aromatic nitrogens is 1. The Hall–Kier alpha value is -3.27. The van der Waals surface area contributed by atoms with Crippen LogP contribution < -0.4 is 14.8 Å². The lowest BCUT2D eigenvalue weighted by molar-refractivity contribution is 0.239. The Kier molecular flexibility index (Phi) is 7.50. The molecule has 0 radical (unpaired) electrons. The highest BCUT2D eigenvalue weighted by Gasteiger charge is 2.11. The summed E-state index contributed by atoms with van der Waals surface area (Å²) in [5.41, 5.74) is 4.21. The Morgan fingerprint density at radius 3 is 2.50 bits per heavy atom. The molecule has 0 unspecified atom stereocenters. The van der Waals surface area contributed by atoms with Crippen molar-refractivity contribution in [2.75, 3.05) is 5.32 Å². The molecule has 0 spiro atoms. The van der Waals surface area contributed by atoms with Crippen LogP contribution in [0.25, 0.3) is 5.70 Å². The van der Waals surface area contributed by atoms with E-state index in [2.05, 4.69) is 35.4 Å². The molecular weight excluding hydrogens is 372 g/mol. The van der Waals surface area contributed by atoms with E-state index in [4.69, 9.17) is 9.47 Å². The van der Waals surface area contributed by atoms with Crippen molar-refractivity contribution in [2.45, 2.75) is 46.8 Å². The summed E-state index contributed by atoms with van der Waals surface area (Å²) in [6.07, 6.45) is 4.92. The highest BCUT2D eigenvalue weighted by atomic mass is 16.5. The van der Waals surface area contributed by atoms with E-state index < -0.39 is 0 Å². The molecule has 3 aromatic rings. The largest absolute Gasteiger partial charge is 0.491 e. The third kappa shape index (κ3) is 6.11. The number of ether oxygens (including phenoxy) is 2. The average Bonchev–Trinajstić information content (AvgIpc) is 2.73. The van der Waals surface area contributed by atoms with E-state index in [1.54, 1.807) is 6.20 Å². The van der Waals surface area contributed by atoms with Crippen LogP contribution in [0.15, 0.2) is 72.9 Å². The molecule has 4 nitrogen and oxygen atoms in total. The lowest BCUT2D eigenvalue weighted by Crippen LogP contribution is -2.08. The van der Waals surface area contributed by atoms with Gasteiger partial charge in [-0.05, 0) is 56.5 Å². The number of anilines is 1. The molecule has 30 heavy (non-hydrogen) atoms. The third-order valence-corrected chi connectivity index (χ3v) is 4.48. The Balaban J connectivity index is 1.91. The molecule has 1 heterocycles. The molecule has 4 heteroatoms. The molecule has 156 valence electrons. The quantitative estimate of drug-likeness (QED) is 0.437. The maximum absolute atomic E-state index is 6.11. The molecule has 0 fully saturated rings. The Labute approximate surface area is 179 Å². The van der Waals surface area contributed by atoms with Crippen LogP contribution in [0.5, 0.6) is 11.5 Å². The Morgan fingerprint density at radius 2 is 1.80 bits per heavy atom. The van der Waals surface area contributed by atoms with Crippen LogP contribution in [0.2, 0.25) is 0 Å². The zero-order valence-electron chi connectivity index (χ0n) is 18.2. The van der Waals surface area contributed by atoms with E-state index in [-0.39, 0.29) is 6.10 Å². The van der Waals surface area contributed by atoms with Crippen molar-refractivity contribution >= 4 is 11.5 Å². The molecule has 1 N–H and O–H groups in total. The molecule has 0 aliphatic carbocycles. The summed E-state index contributed by atoms with van der Waals surface area (Å²) in [6.45, 7) is 8.72. The van der Waals surface area contributed by atoms with Crippen LogP contribution in [0.1, 0.15) is 43.9 Å². The standard InChI is InChI=1S/C26H30N2O2/c1-5-10-25(28-26-20(4)11-9-14-27-26)22-15-23(17-24(16-22)30-19(2)3)29-18-21-12-7-6-8-13-21/h6-17,19H,5,18H2,1-4H3,(H,27,28)/b25-10-. The second kappa shape index (κ2) is 10.5. The first-order valence-electron chi connectivity index (χ1n) is 10.4. The first kappa shape index (κ1) is 21.4. The third-order valence-electron chi connectivity index (χ3n) is 4.48. The summed E-state index contributed by atoms with van der Waals surface area (Å²) < 4.78 is 12.1. The molecule has 0 saturated heterocycles. The van der Waals surface area contributed by atoms with Gasteiger partial charge in [0.1, 0.15) is 23.9 Å². The van der Waals surface area contributed by atoms with Crippen LogP contribution in [-0.4, -0.2) is 11.1 Å². The van der Waals surface area contributed by atoms with Crippen molar-refractivity contribution in [1.29, 1.82) is 0 Å². The normalized spacial score (nSPS) is 11.4. The highest BCUT2D eigenvalue weighted by molar-refractivity contribution is 5.77. The predicted octanol–water partition coefficient (Wildman–Crippen LogP) is 6.62. The molecule has 0 aliphatic heterocycles. The fourth-order valence-electron chi connectivity index (χ4n) is 3.08. The number of nitrogens with one attached hydrogen (secondary N) is 1. The number of hydrogen-bond acceptors (Lipinski definition) is 4. The van der Waals surface area contributed by atoms with Crippen LogP contribution in [0.3, 0.4) is 0 Å². The van der Waals surface area contributed by atoms with Gasteiger partial charge in [0, 0.05) is 23.5 Å². The van der Waals surface area contributed by atoms with Gasteiger partial charge in [0.05, 0.1) is 6.10 Å². The van der Waals surface area contributed by atoms with Gasteiger partial charge in [0.15, 0.2) is 0 Å². The fraction of sp³-hybridized carbons (Fsp3) is 0.269. The number of aryl methyl sites for hydroxylation is 1. The first-order valence-corrected chi connectivity index (χ1v) is 10.4. The van der Waals surface area contributed by atoms with Crippen LogP contribution >= 0.6 is 0 Å². The summed E-state index contributed by atoms with van der Waals surface area (Å²) in [7, 11) is 0. The topological polar surface area (TPSA) is 43.4 Å². The van der Waals surface area contributed by atoms with E-state index in [0.29, 0.717) is 6.61 Å². The Bertz CT molecular complexity index is 981. The van der Waals surface area contributed by atoms with Crippen LogP contribution in [0.4, 0.5) is 5.82 Å². The van der Waals surface area contributed by atoms with E-state index in [0.717, 1.165) is 46.1 Å². The molecule has 0 aliphatic rings. The summed E-state index contributed by atoms with van der Waals surface area (Å²) in [5, 5.41) is 3.48. The van der Waals surface area contributed by atoms with Gasteiger partial charge in [-0.2, -0.15) is 0 Å². The number of pyridine rings is 1. The molecule has 0 bridgehead atoms. The predicted molar refractivity (Wildman–Crippen MR) is 124 cm³/mol. The summed E-state index contributed by atoms with van der Waals surface area (Å²) in [4.78, 5) is 4.48. The van der Waals surface area contributed by atoms with Gasteiger partial charge in [-0.25, -0.2) is 4.98 Å². The number of benzene rings is 2. The second-order valence-corrected chi connectivity index (χ2v) is 7.45. The molecule has 3 rings (SSSR count). The minimum absolute atomic E-state index is 0.0758. The average molecular weight is 403 g/mol. The second-order valence-electron chi connectivity index (χ2n) is 7.45. The number of hydrogen-bond donors (Lipinski definition) is 1. The summed E-state index contributed by atoms with van der Waals surface area (Å²) >= 11 is 0. The van der Waals surface area contributed by atoms with Crippen LogP contribution in [0, 0.1) is 6.92 Å². The molecule has 0 saturated carbocycles. The highest BCUT2D eigenvalue weighted by Crippen LogP contribution is 2.30. The molecule has 2 aromatic carbocycles.